The molecule has 0 aliphatic heterocycles. The normalized spacial score (nSPS) is 13.0. The Morgan fingerprint density at radius 3 is 1.71 bits per heavy atom. The maximum absolute atomic E-state index is 12.3. The number of halogens is 3. The zero-order valence-corrected chi connectivity index (χ0v) is 9.23. The van der Waals surface area contributed by atoms with Gasteiger partial charge in [0.05, 0.1) is 0 Å². The van der Waals surface area contributed by atoms with Gasteiger partial charge in [-0.2, -0.15) is 0 Å². The SMILES string of the molecule is C=C(CN(C(C)C)C(C)C)[B-](F)(F)F. The molecule has 0 unspecified atom stereocenters. The molecule has 0 radical (unpaired) electrons. The van der Waals surface area contributed by atoms with Crippen LogP contribution in [-0.4, -0.2) is 30.5 Å². The van der Waals surface area contributed by atoms with Crippen LogP contribution in [0.4, 0.5) is 12.9 Å². The minimum atomic E-state index is -4.89. The van der Waals surface area contributed by atoms with Crippen LogP contribution in [0.25, 0.3) is 0 Å². The van der Waals surface area contributed by atoms with Crippen molar-refractivity contribution >= 4 is 6.98 Å². The second-order valence-electron chi connectivity index (χ2n) is 4.09. The van der Waals surface area contributed by atoms with Crippen molar-refractivity contribution in [2.24, 2.45) is 0 Å². The van der Waals surface area contributed by atoms with Gasteiger partial charge in [-0.05, 0) is 34.2 Å². The van der Waals surface area contributed by atoms with Crippen molar-refractivity contribution in [2.45, 2.75) is 39.8 Å². The van der Waals surface area contributed by atoms with E-state index < -0.39 is 12.4 Å². The van der Waals surface area contributed by atoms with Crippen LogP contribution in [0.1, 0.15) is 27.7 Å². The number of nitrogens with zero attached hydrogens (tertiary/aromatic N) is 1. The Bertz CT molecular complexity index is 191. The molecule has 0 heterocycles. The van der Waals surface area contributed by atoms with Crippen LogP contribution in [0.2, 0.25) is 0 Å². The lowest BCUT2D eigenvalue weighted by molar-refractivity contribution is 0.192. The van der Waals surface area contributed by atoms with Gasteiger partial charge in [0.25, 0.3) is 0 Å². The van der Waals surface area contributed by atoms with E-state index in [0.717, 1.165) is 0 Å². The summed E-state index contributed by atoms with van der Waals surface area (Å²) >= 11 is 0. The molecule has 0 amide bonds. The number of hydrogen-bond donors (Lipinski definition) is 0. The molecule has 1 nitrogen and oxygen atoms in total. The summed E-state index contributed by atoms with van der Waals surface area (Å²) in [7, 11) is 0. The van der Waals surface area contributed by atoms with E-state index in [4.69, 9.17) is 0 Å². The first kappa shape index (κ1) is 13.6. The standard InChI is InChI=1S/C9H18BF3N/c1-7(2)14(8(3)4)6-9(5)10(11,12)13/h7-8H,5-6H2,1-4H3/q-1. The lowest BCUT2D eigenvalue weighted by atomic mass is 9.80. The number of rotatable bonds is 5. The van der Waals surface area contributed by atoms with Crippen LogP contribution in [0, 0.1) is 0 Å². The smallest absolute Gasteiger partial charge is 0.445 e. The summed E-state index contributed by atoms with van der Waals surface area (Å²) in [6.07, 6.45) is 0. The van der Waals surface area contributed by atoms with Gasteiger partial charge in [0.1, 0.15) is 0 Å². The Kier molecular flexibility index (Phi) is 4.71. The molecule has 0 fully saturated rings. The molecule has 14 heavy (non-hydrogen) atoms. The third-order valence-corrected chi connectivity index (χ3v) is 2.18. The molecule has 0 aliphatic rings. The second kappa shape index (κ2) is 4.87. The minimum Gasteiger partial charge on any atom is -0.445 e. The Balaban J connectivity index is 4.40. The molecule has 0 N–H and O–H groups in total. The molecule has 0 aromatic heterocycles. The monoisotopic (exact) mass is 208 g/mol. The van der Waals surface area contributed by atoms with E-state index in [9.17, 15) is 12.9 Å². The van der Waals surface area contributed by atoms with E-state index in [1.165, 1.54) is 0 Å². The molecule has 0 saturated carbocycles. The summed E-state index contributed by atoms with van der Waals surface area (Å²) in [5.41, 5.74) is -0.618. The van der Waals surface area contributed by atoms with E-state index >= 15 is 0 Å². The molecular formula is C9H18BF3N-. The van der Waals surface area contributed by atoms with E-state index in [1.807, 2.05) is 27.7 Å². The third kappa shape index (κ3) is 4.18. The first-order valence-electron chi connectivity index (χ1n) is 4.79. The van der Waals surface area contributed by atoms with Crippen LogP contribution in [0.15, 0.2) is 12.1 Å². The van der Waals surface area contributed by atoms with Gasteiger partial charge in [-0.3, -0.25) is 4.90 Å². The average molecular weight is 208 g/mol. The van der Waals surface area contributed by atoms with E-state index in [0.29, 0.717) is 0 Å². The van der Waals surface area contributed by atoms with Crippen LogP contribution in [0.3, 0.4) is 0 Å². The topological polar surface area (TPSA) is 3.24 Å². The molecule has 0 atom stereocenters. The molecule has 0 spiro atoms. The van der Waals surface area contributed by atoms with Gasteiger partial charge in [0.2, 0.25) is 0 Å². The quantitative estimate of drug-likeness (QED) is 0.627. The highest BCUT2D eigenvalue weighted by Crippen LogP contribution is 2.20. The summed E-state index contributed by atoms with van der Waals surface area (Å²) in [5.74, 6) is 0. The fourth-order valence-electron chi connectivity index (χ4n) is 1.30. The van der Waals surface area contributed by atoms with Gasteiger partial charge in [-0.25, -0.2) is 0 Å². The van der Waals surface area contributed by atoms with Gasteiger partial charge < -0.3 is 12.9 Å². The molecule has 0 bridgehead atoms. The fourth-order valence-corrected chi connectivity index (χ4v) is 1.30. The van der Waals surface area contributed by atoms with Crippen molar-refractivity contribution in [3.05, 3.63) is 12.1 Å². The molecule has 0 saturated heterocycles. The van der Waals surface area contributed by atoms with Crippen molar-refractivity contribution in [3.63, 3.8) is 0 Å². The van der Waals surface area contributed by atoms with Crippen molar-refractivity contribution in [2.75, 3.05) is 6.54 Å². The Labute approximate surface area is 84.0 Å². The first-order chi connectivity index (χ1) is 6.16. The molecule has 0 aromatic rings. The van der Waals surface area contributed by atoms with Gasteiger partial charge >= 0.3 is 6.98 Å². The Morgan fingerprint density at radius 2 is 1.50 bits per heavy atom. The summed E-state index contributed by atoms with van der Waals surface area (Å²) in [4.78, 5) is 1.78. The summed E-state index contributed by atoms with van der Waals surface area (Å²) in [5, 5.41) is 0. The summed E-state index contributed by atoms with van der Waals surface area (Å²) in [6.45, 7) is 5.65. The lowest BCUT2D eigenvalue weighted by Crippen LogP contribution is -2.41. The molecule has 5 heteroatoms. The zero-order chi connectivity index (χ0) is 11.5. The van der Waals surface area contributed by atoms with Crippen molar-refractivity contribution in [1.29, 1.82) is 0 Å². The molecule has 0 rings (SSSR count). The van der Waals surface area contributed by atoms with Crippen LogP contribution in [0.5, 0.6) is 0 Å². The predicted molar refractivity (Wildman–Crippen MR) is 55.2 cm³/mol. The van der Waals surface area contributed by atoms with Crippen molar-refractivity contribution in [1.82, 2.24) is 4.90 Å². The maximum Gasteiger partial charge on any atom is 0.506 e. The van der Waals surface area contributed by atoms with Gasteiger partial charge in [-0.1, -0.05) is 0 Å². The highest BCUT2D eigenvalue weighted by molar-refractivity contribution is 6.66. The summed E-state index contributed by atoms with van der Waals surface area (Å²) in [6, 6.07) is 0.204. The first-order valence-corrected chi connectivity index (χ1v) is 4.79. The van der Waals surface area contributed by atoms with Crippen LogP contribution < -0.4 is 0 Å². The lowest BCUT2D eigenvalue weighted by Gasteiger charge is -2.33. The van der Waals surface area contributed by atoms with Crippen LogP contribution in [-0.2, 0) is 0 Å². The van der Waals surface area contributed by atoms with Crippen molar-refractivity contribution < 1.29 is 12.9 Å². The minimum absolute atomic E-state index is 0.0845. The molecule has 84 valence electrons. The molecule has 0 aromatic carbocycles. The highest BCUT2D eigenvalue weighted by Gasteiger charge is 2.28. The van der Waals surface area contributed by atoms with E-state index in [1.54, 1.807) is 4.90 Å². The molecular weight excluding hydrogens is 190 g/mol. The average Bonchev–Trinajstić information content (AvgIpc) is 1.96. The van der Waals surface area contributed by atoms with Gasteiger partial charge in [0, 0.05) is 12.1 Å². The van der Waals surface area contributed by atoms with Crippen LogP contribution >= 0.6 is 0 Å². The van der Waals surface area contributed by atoms with E-state index in [-0.39, 0.29) is 18.6 Å². The van der Waals surface area contributed by atoms with Gasteiger partial charge in [-0.15, -0.1) is 12.1 Å². The maximum atomic E-state index is 12.3. The second-order valence-corrected chi connectivity index (χ2v) is 4.09. The van der Waals surface area contributed by atoms with Crippen molar-refractivity contribution in [3.8, 4) is 0 Å². The predicted octanol–water partition coefficient (Wildman–Crippen LogP) is 3.05. The van der Waals surface area contributed by atoms with Gasteiger partial charge in [0.15, 0.2) is 0 Å². The fraction of sp³-hybridized carbons (Fsp3) is 0.778. The zero-order valence-electron chi connectivity index (χ0n) is 9.23. The molecule has 0 aliphatic carbocycles. The Hall–Kier alpha value is -0.445. The number of hydrogen-bond acceptors (Lipinski definition) is 1. The largest absolute Gasteiger partial charge is 0.506 e. The third-order valence-electron chi connectivity index (χ3n) is 2.18. The Morgan fingerprint density at radius 1 is 1.14 bits per heavy atom. The van der Waals surface area contributed by atoms with E-state index in [2.05, 4.69) is 6.58 Å². The summed E-state index contributed by atoms with van der Waals surface area (Å²) < 4.78 is 36.8. The highest BCUT2D eigenvalue weighted by atomic mass is 19.4.